The number of nitrogens with one attached hydrogen (secondary N) is 2. The molecule has 4 aromatic heterocycles. The predicted octanol–water partition coefficient (Wildman–Crippen LogP) is 1.38. The SMILES string of the molecule is Cc1cnc(-c2nc(-c3ccc(-c4cnc(=O)[nH]c4)nc3)n[nH]2)cn1. The molecule has 0 saturated heterocycles. The van der Waals surface area contributed by atoms with E-state index in [-0.39, 0.29) is 0 Å². The molecule has 25 heavy (non-hydrogen) atoms. The lowest BCUT2D eigenvalue weighted by atomic mass is 10.2. The van der Waals surface area contributed by atoms with Crippen LogP contribution < -0.4 is 5.69 Å². The first kappa shape index (κ1) is 14.8. The molecule has 0 unspecified atom stereocenters. The van der Waals surface area contributed by atoms with Crippen molar-refractivity contribution in [2.45, 2.75) is 6.92 Å². The smallest absolute Gasteiger partial charge is 0.312 e. The third-order valence-corrected chi connectivity index (χ3v) is 3.50. The number of aromatic nitrogens is 8. The van der Waals surface area contributed by atoms with Crippen LogP contribution in [-0.2, 0) is 0 Å². The van der Waals surface area contributed by atoms with E-state index in [0.29, 0.717) is 23.0 Å². The normalized spacial score (nSPS) is 10.8. The molecule has 0 amide bonds. The van der Waals surface area contributed by atoms with E-state index in [1.165, 1.54) is 6.20 Å². The van der Waals surface area contributed by atoms with E-state index in [0.717, 1.165) is 16.8 Å². The molecule has 9 nitrogen and oxygen atoms in total. The second-order valence-electron chi connectivity index (χ2n) is 5.29. The summed E-state index contributed by atoms with van der Waals surface area (Å²) in [5.41, 5.74) is 3.22. The van der Waals surface area contributed by atoms with Gasteiger partial charge < -0.3 is 4.98 Å². The minimum Gasteiger partial charge on any atom is -0.312 e. The van der Waals surface area contributed by atoms with Crippen LogP contribution in [0.2, 0.25) is 0 Å². The molecule has 0 aliphatic heterocycles. The first-order valence-electron chi connectivity index (χ1n) is 7.42. The first-order chi connectivity index (χ1) is 12.2. The van der Waals surface area contributed by atoms with Gasteiger partial charge in [0.05, 0.1) is 17.6 Å². The molecule has 0 aliphatic rings. The van der Waals surface area contributed by atoms with Crippen LogP contribution in [0.5, 0.6) is 0 Å². The Morgan fingerprint density at radius 3 is 2.40 bits per heavy atom. The summed E-state index contributed by atoms with van der Waals surface area (Å²) in [5, 5.41) is 7.05. The second-order valence-corrected chi connectivity index (χ2v) is 5.29. The Kier molecular flexibility index (Phi) is 3.58. The zero-order chi connectivity index (χ0) is 17.2. The van der Waals surface area contributed by atoms with Gasteiger partial charge in [-0.25, -0.2) is 19.7 Å². The van der Waals surface area contributed by atoms with Gasteiger partial charge >= 0.3 is 5.69 Å². The molecule has 0 saturated carbocycles. The quantitative estimate of drug-likeness (QED) is 0.580. The van der Waals surface area contributed by atoms with Crippen LogP contribution in [0.3, 0.4) is 0 Å². The standard InChI is InChI=1S/C16H12N8O/c1-9-4-18-13(8-17-9)15-22-14(23-24-15)10-2-3-12(19-5-10)11-6-20-16(25)21-7-11/h2-8H,1H3,(H,20,21,25)(H,22,23,24). The van der Waals surface area contributed by atoms with Crippen molar-refractivity contribution >= 4 is 0 Å². The van der Waals surface area contributed by atoms with E-state index >= 15 is 0 Å². The van der Waals surface area contributed by atoms with Gasteiger partial charge in [-0.3, -0.25) is 15.1 Å². The van der Waals surface area contributed by atoms with Crippen molar-refractivity contribution in [3.8, 4) is 34.2 Å². The average molecular weight is 332 g/mol. The van der Waals surface area contributed by atoms with Crippen LogP contribution in [0.4, 0.5) is 0 Å². The fourth-order valence-corrected chi connectivity index (χ4v) is 2.20. The van der Waals surface area contributed by atoms with E-state index in [2.05, 4.69) is 40.1 Å². The summed E-state index contributed by atoms with van der Waals surface area (Å²) in [6.07, 6.45) is 8.02. The molecule has 0 spiro atoms. The lowest BCUT2D eigenvalue weighted by molar-refractivity contribution is 1.06. The number of hydrogen-bond donors (Lipinski definition) is 2. The highest BCUT2D eigenvalue weighted by Crippen LogP contribution is 2.20. The fraction of sp³-hybridized carbons (Fsp3) is 0.0625. The summed E-state index contributed by atoms with van der Waals surface area (Å²) in [7, 11) is 0. The number of nitrogens with zero attached hydrogens (tertiary/aromatic N) is 6. The minimum atomic E-state index is -0.396. The molecule has 4 rings (SSSR count). The van der Waals surface area contributed by atoms with Gasteiger partial charge in [-0.15, -0.1) is 0 Å². The summed E-state index contributed by atoms with van der Waals surface area (Å²) in [4.78, 5) is 34.5. The van der Waals surface area contributed by atoms with Crippen molar-refractivity contribution < 1.29 is 0 Å². The average Bonchev–Trinajstić information content (AvgIpc) is 3.13. The molecule has 0 atom stereocenters. The van der Waals surface area contributed by atoms with E-state index in [9.17, 15) is 4.79 Å². The van der Waals surface area contributed by atoms with Crippen LogP contribution in [0.15, 0.2) is 47.9 Å². The van der Waals surface area contributed by atoms with Gasteiger partial charge in [0.1, 0.15) is 5.69 Å². The number of H-pyrrole nitrogens is 2. The Bertz CT molecular complexity index is 1050. The van der Waals surface area contributed by atoms with Gasteiger partial charge in [0.15, 0.2) is 11.6 Å². The number of hydrogen-bond acceptors (Lipinski definition) is 7. The van der Waals surface area contributed by atoms with Crippen molar-refractivity contribution in [2.24, 2.45) is 0 Å². The maximum atomic E-state index is 11.0. The molecular weight excluding hydrogens is 320 g/mol. The Hall–Kier alpha value is -3.75. The van der Waals surface area contributed by atoms with Crippen LogP contribution in [0.25, 0.3) is 34.2 Å². The van der Waals surface area contributed by atoms with Gasteiger partial charge in [-0.05, 0) is 19.1 Å². The van der Waals surface area contributed by atoms with Crippen LogP contribution in [-0.4, -0.2) is 40.1 Å². The zero-order valence-corrected chi connectivity index (χ0v) is 13.1. The van der Waals surface area contributed by atoms with Gasteiger partial charge in [0.2, 0.25) is 0 Å². The highest BCUT2D eigenvalue weighted by atomic mass is 16.1. The first-order valence-corrected chi connectivity index (χ1v) is 7.42. The zero-order valence-electron chi connectivity index (χ0n) is 13.1. The van der Waals surface area contributed by atoms with Crippen molar-refractivity contribution in [2.75, 3.05) is 0 Å². The summed E-state index contributed by atoms with van der Waals surface area (Å²) in [6, 6.07) is 3.66. The predicted molar refractivity (Wildman–Crippen MR) is 89.2 cm³/mol. The summed E-state index contributed by atoms with van der Waals surface area (Å²) in [5.74, 6) is 1.05. The Balaban J connectivity index is 1.61. The Morgan fingerprint density at radius 1 is 0.880 bits per heavy atom. The van der Waals surface area contributed by atoms with E-state index in [4.69, 9.17) is 0 Å². The molecule has 122 valence electrons. The molecule has 9 heteroatoms. The molecule has 2 N–H and O–H groups in total. The Morgan fingerprint density at radius 2 is 1.72 bits per heavy atom. The van der Waals surface area contributed by atoms with E-state index in [1.54, 1.807) is 24.8 Å². The maximum absolute atomic E-state index is 11.0. The van der Waals surface area contributed by atoms with Gasteiger partial charge in [0.25, 0.3) is 0 Å². The molecule has 0 bridgehead atoms. The minimum absolute atomic E-state index is 0.396. The third-order valence-electron chi connectivity index (χ3n) is 3.50. The van der Waals surface area contributed by atoms with Crippen LogP contribution in [0, 0.1) is 6.92 Å². The second kappa shape index (κ2) is 6.04. The molecule has 0 aliphatic carbocycles. The number of aryl methyl sites for hydroxylation is 1. The lowest BCUT2D eigenvalue weighted by Crippen LogP contribution is -2.08. The number of rotatable bonds is 3. The number of pyridine rings is 1. The highest BCUT2D eigenvalue weighted by Gasteiger charge is 2.10. The third kappa shape index (κ3) is 3.02. The van der Waals surface area contributed by atoms with E-state index < -0.39 is 5.69 Å². The highest BCUT2D eigenvalue weighted by molar-refractivity contribution is 5.62. The van der Waals surface area contributed by atoms with Crippen LogP contribution in [0.1, 0.15) is 5.69 Å². The molecule has 0 radical (unpaired) electrons. The molecule has 4 heterocycles. The van der Waals surface area contributed by atoms with Crippen molar-refractivity contribution in [3.63, 3.8) is 0 Å². The Labute approximate surface area is 141 Å². The molecule has 4 aromatic rings. The summed E-state index contributed by atoms with van der Waals surface area (Å²) >= 11 is 0. The van der Waals surface area contributed by atoms with Crippen molar-refractivity contribution in [3.05, 3.63) is 59.3 Å². The lowest BCUT2D eigenvalue weighted by Gasteiger charge is -2.00. The largest absolute Gasteiger partial charge is 0.344 e. The van der Waals surface area contributed by atoms with Crippen molar-refractivity contribution in [1.82, 2.24) is 40.1 Å². The van der Waals surface area contributed by atoms with Gasteiger partial charge in [0, 0.05) is 35.9 Å². The van der Waals surface area contributed by atoms with Gasteiger partial charge in [-0.2, -0.15) is 5.10 Å². The van der Waals surface area contributed by atoms with Gasteiger partial charge in [-0.1, -0.05) is 0 Å². The van der Waals surface area contributed by atoms with Crippen molar-refractivity contribution in [1.29, 1.82) is 0 Å². The summed E-state index contributed by atoms with van der Waals surface area (Å²) in [6.45, 7) is 1.87. The molecule has 0 fully saturated rings. The topological polar surface area (TPSA) is 126 Å². The monoisotopic (exact) mass is 332 g/mol. The number of aromatic amines is 2. The van der Waals surface area contributed by atoms with E-state index in [1.807, 2.05) is 19.1 Å². The molecule has 0 aromatic carbocycles. The molecular formula is C16H12N8O. The fourth-order valence-electron chi connectivity index (χ4n) is 2.20. The van der Waals surface area contributed by atoms with Crippen LogP contribution >= 0.6 is 0 Å². The summed E-state index contributed by atoms with van der Waals surface area (Å²) < 4.78 is 0. The maximum Gasteiger partial charge on any atom is 0.344 e.